The number of nitrogens with zero attached hydrogens (tertiary/aromatic N) is 1. The van der Waals surface area contributed by atoms with Crippen molar-refractivity contribution in [2.45, 2.75) is 38.6 Å². The van der Waals surface area contributed by atoms with Gasteiger partial charge in [0.2, 0.25) is 5.91 Å². The van der Waals surface area contributed by atoms with Gasteiger partial charge in [-0.05, 0) is 49.5 Å². The topological polar surface area (TPSA) is 72.6 Å². The number of rotatable bonds is 6. The minimum atomic E-state index is -0.508. The molecule has 1 heterocycles. The van der Waals surface area contributed by atoms with Gasteiger partial charge in [0.25, 0.3) is 5.91 Å². The smallest absolute Gasteiger partial charge is 0.255 e. The van der Waals surface area contributed by atoms with Gasteiger partial charge in [-0.2, -0.15) is 0 Å². The number of carbonyl (C=O) groups is 2. The summed E-state index contributed by atoms with van der Waals surface area (Å²) in [5.41, 5.74) is 5.94. The molecule has 1 aromatic carbocycles. The first-order valence-electron chi connectivity index (χ1n) is 8.10. The SMILES string of the molecule is CC[C@@H]1CCCCN1C(=O)/C=C\c1ccc(OCC(N)=O)cc1. The van der Waals surface area contributed by atoms with Crippen molar-refractivity contribution in [3.05, 3.63) is 35.9 Å². The molecule has 0 radical (unpaired) electrons. The second-order valence-electron chi connectivity index (χ2n) is 5.75. The van der Waals surface area contributed by atoms with Crippen molar-refractivity contribution >= 4 is 17.9 Å². The Bertz CT molecular complexity index is 566. The number of primary amides is 1. The van der Waals surface area contributed by atoms with E-state index in [9.17, 15) is 9.59 Å². The molecule has 1 aromatic rings. The van der Waals surface area contributed by atoms with Gasteiger partial charge in [0.05, 0.1) is 0 Å². The number of benzene rings is 1. The number of likely N-dealkylation sites (tertiary alicyclic amines) is 1. The highest BCUT2D eigenvalue weighted by Gasteiger charge is 2.23. The van der Waals surface area contributed by atoms with E-state index in [2.05, 4.69) is 6.92 Å². The Labute approximate surface area is 137 Å². The largest absolute Gasteiger partial charge is 0.484 e. The van der Waals surface area contributed by atoms with Crippen LogP contribution in [0.2, 0.25) is 0 Å². The van der Waals surface area contributed by atoms with Crippen LogP contribution in [-0.2, 0) is 9.59 Å². The Kier molecular flexibility index (Phi) is 6.20. The summed E-state index contributed by atoms with van der Waals surface area (Å²) in [6.07, 6.45) is 7.84. The van der Waals surface area contributed by atoms with Gasteiger partial charge in [0, 0.05) is 18.7 Å². The van der Waals surface area contributed by atoms with Gasteiger partial charge < -0.3 is 15.4 Å². The monoisotopic (exact) mass is 316 g/mol. The average Bonchev–Trinajstić information content (AvgIpc) is 2.58. The zero-order chi connectivity index (χ0) is 16.7. The molecule has 2 N–H and O–H groups in total. The highest BCUT2D eigenvalue weighted by atomic mass is 16.5. The van der Waals surface area contributed by atoms with Crippen LogP contribution < -0.4 is 10.5 Å². The fourth-order valence-corrected chi connectivity index (χ4v) is 2.81. The molecule has 124 valence electrons. The molecular weight excluding hydrogens is 292 g/mol. The van der Waals surface area contributed by atoms with Gasteiger partial charge in [-0.1, -0.05) is 19.1 Å². The van der Waals surface area contributed by atoms with Crippen LogP contribution in [0.1, 0.15) is 38.2 Å². The molecule has 2 amide bonds. The van der Waals surface area contributed by atoms with Crippen LogP contribution in [0.15, 0.2) is 30.3 Å². The number of hydrogen-bond acceptors (Lipinski definition) is 3. The third kappa shape index (κ3) is 5.13. The number of amides is 2. The molecule has 1 fully saturated rings. The summed E-state index contributed by atoms with van der Waals surface area (Å²) in [4.78, 5) is 25.0. The van der Waals surface area contributed by atoms with E-state index in [1.807, 2.05) is 23.1 Å². The van der Waals surface area contributed by atoms with Crippen molar-refractivity contribution < 1.29 is 14.3 Å². The Balaban J connectivity index is 1.93. The van der Waals surface area contributed by atoms with Gasteiger partial charge >= 0.3 is 0 Å². The first kappa shape index (κ1) is 17.1. The average molecular weight is 316 g/mol. The van der Waals surface area contributed by atoms with Crippen LogP contribution in [0.25, 0.3) is 6.08 Å². The van der Waals surface area contributed by atoms with Crippen LogP contribution >= 0.6 is 0 Å². The lowest BCUT2D eigenvalue weighted by Gasteiger charge is -2.34. The van der Waals surface area contributed by atoms with E-state index in [0.717, 1.165) is 31.4 Å². The first-order chi connectivity index (χ1) is 11.1. The highest BCUT2D eigenvalue weighted by molar-refractivity contribution is 5.92. The van der Waals surface area contributed by atoms with Gasteiger partial charge in [-0.3, -0.25) is 9.59 Å². The van der Waals surface area contributed by atoms with E-state index >= 15 is 0 Å². The molecule has 5 nitrogen and oxygen atoms in total. The number of piperidine rings is 1. The maximum absolute atomic E-state index is 12.3. The van der Waals surface area contributed by atoms with Crippen LogP contribution in [-0.4, -0.2) is 35.9 Å². The van der Waals surface area contributed by atoms with E-state index in [4.69, 9.17) is 10.5 Å². The van der Waals surface area contributed by atoms with Crippen LogP contribution in [0, 0.1) is 0 Å². The first-order valence-corrected chi connectivity index (χ1v) is 8.10. The van der Waals surface area contributed by atoms with Gasteiger partial charge in [-0.25, -0.2) is 0 Å². The molecule has 0 bridgehead atoms. The fraction of sp³-hybridized carbons (Fsp3) is 0.444. The lowest BCUT2D eigenvalue weighted by atomic mass is 10.00. The second-order valence-corrected chi connectivity index (χ2v) is 5.75. The summed E-state index contributed by atoms with van der Waals surface area (Å²) >= 11 is 0. The fourth-order valence-electron chi connectivity index (χ4n) is 2.81. The van der Waals surface area contributed by atoms with Gasteiger partial charge in [0.1, 0.15) is 5.75 Å². The number of hydrogen-bond donors (Lipinski definition) is 1. The lowest BCUT2D eigenvalue weighted by molar-refractivity contribution is -0.129. The summed E-state index contributed by atoms with van der Waals surface area (Å²) < 4.78 is 5.20. The molecule has 0 aromatic heterocycles. The van der Waals surface area contributed by atoms with Crippen molar-refractivity contribution in [2.24, 2.45) is 5.73 Å². The van der Waals surface area contributed by atoms with Crippen molar-refractivity contribution in [1.82, 2.24) is 4.90 Å². The summed E-state index contributed by atoms with van der Waals surface area (Å²) in [5.74, 6) is 0.145. The van der Waals surface area contributed by atoms with E-state index in [0.29, 0.717) is 11.8 Å². The van der Waals surface area contributed by atoms with Crippen LogP contribution in [0.4, 0.5) is 0 Å². The zero-order valence-corrected chi connectivity index (χ0v) is 13.5. The molecule has 0 aliphatic carbocycles. The molecule has 0 unspecified atom stereocenters. The predicted molar refractivity (Wildman–Crippen MR) is 89.8 cm³/mol. The minimum Gasteiger partial charge on any atom is -0.484 e. The summed E-state index contributed by atoms with van der Waals surface area (Å²) in [5, 5.41) is 0. The molecule has 2 rings (SSSR count). The quantitative estimate of drug-likeness (QED) is 0.819. The summed E-state index contributed by atoms with van der Waals surface area (Å²) in [7, 11) is 0. The number of nitrogens with two attached hydrogens (primary N) is 1. The number of carbonyl (C=O) groups excluding carboxylic acids is 2. The van der Waals surface area contributed by atoms with E-state index in [1.54, 1.807) is 18.2 Å². The molecule has 0 saturated carbocycles. The molecule has 1 aliphatic heterocycles. The van der Waals surface area contributed by atoms with Crippen molar-refractivity contribution in [1.29, 1.82) is 0 Å². The van der Waals surface area contributed by atoms with Crippen LogP contribution in [0.3, 0.4) is 0 Å². The van der Waals surface area contributed by atoms with Crippen molar-refractivity contribution in [3.63, 3.8) is 0 Å². The molecule has 0 spiro atoms. The van der Waals surface area contributed by atoms with Crippen molar-refractivity contribution in [3.8, 4) is 5.75 Å². The predicted octanol–water partition coefficient (Wildman–Crippen LogP) is 2.36. The van der Waals surface area contributed by atoms with Gasteiger partial charge in [-0.15, -0.1) is 0 Å². The summed E-state index contributed by atoms with van der Waals surface area (Å²) in [6.45, 7) is 2.84. The van der Waals surface area contributed by atoms with E-state index in [-0.39, 0.29) is 12.5 Å². The third-order valence-electron chi connectivity index (χ3n) is 4.06. The van der Waals surface area contributed by atoms with E-state index in [1.165, 1.54) is 6.42 Å². The van der Waals surface area contributed by atoms with E-state index < -0.39 is 5.91 Å². The second kappa shape index (κ2) is 8.36. The highest BCUT2D eigenvalue weighted by Crippen LogP contribution is 2.20. The van der Waals surface area contributed by atoms with Crippen LogP contribution in [0.5, 0.6) is 5.75 Å². The minimum absolute atomic E-state index is 0.0746. The summed E-state index contributed by atoms with van der Waals surface area (Å²) in [6, 6.07) is 7.55. The molecule has 23 heavy (non-hydrogen) atoms. The Hall–Kier alpha value is -2.30. The molecular formula is C18H24N2O3. The maximum atomic E-state index is 12.3. The molecule has 1 atom stereocenters. The Morgan fingerprint density at radius 2 is 2.04 bits per heavy atom. The third-order valence-corrected chi connectivity index (χ3v) is 4.06. The zero-order valence-electron chi connectivity index (χ0n) is 13.5. The Morgan fingerprint density at radius 3 is 2.70 bits per heavy atom. The number of ether oxygens (including phenoxy) is 1. The Morgan fingerprint density at radius 1 is 1.30 bits per heavy atom. The molecule has 1 saturated heterocycles. The molecule has 1 aliphatic rings. The van der Waals surface area contributed by atoms with Crippen molar-refractivity contribution in [2.75, 3.05) is 13.2 Å². The van der Waals surface area contributed by atoms with Gasteiger partial charge in [0.15, 0.2) is 6.61 Å². The maximum Gasteiger partial charge on any atom is 0.255 e. The lowest BCUT2D eigenvalue weighted by Crippen LogP contribution is -2.42. The normalized spacial score (nSPS) is 18.1. The molecule has 5 heteroatoms. The standard InChI is InChI=1S/C18H24N2O3/c1-2-15-5-3-4-12-20(15)18(22)11-8-14-6-9-16(10-7-14)23-13-17(19)21/h6-11,15H,2-5,12-13H2,1H3,(H2,19,21)/b11-8-/t15-/m1/s1.